The smallest absolute Gasteiger partial charge is 0.339 e. The van der Waals surface area contributed by atoms with E-state index in [1.807, 2.05) is 33.8 Å². The van der Waals surface area contributed by atoms with Gasteiger partial charge in [0.1, 0.15) is 11.5 Å². The fourth-order valence-electron chi connectivity index (χ4n) is 3.43. The molecule has 0 unspecified atom stereocenters. The Bertz CT molecular complexity index is 1350. The minimum atomic E-state index is -0.719. The quantitative estimate of drug-likeness (QED) is 0.426. The predicted octanol–water partition coefficient (Wildman–Crippen LogP) is 4.06. The molecule has 9 nitrogen and oxygen atoms in total. The highest BCUT2D eigenvalue weighted by atomic mass is 32.1. The molecule has 4 heterocycles. The van der Waals surface area contributed by atoms with Crippen molar-refractivity contribution in [1.29, 1.82) is 0 Å². The van der Waals surface area contributed by atoms with Crippen molar-refractivity contribution in [2.24, 2.45) is 0 Å². The highest BCUT2D eigenvalue weighted by molar-refractivity contribution is 7.12. The molecule has 2 amide bonds. The van der Waals surface area contributed by atoms with Crippen LogP contribution in [0.15, 0.2) is 40.3 Å². The van der Waals surface area contributed by atoms with Gasteiger partial charge >= 0.3 is 5.97 Å². The third-order valence-electron chi connectivity index (χ3n) is 4.92. The summed E-state index contributed by atoms with van der Waals surface area (Å²) in [7, 11) is 0. The normalized spacial score (nSPS) is 11.2. The van der Waals surface area contributed by atoms with Crippen LogP contribution in [0.5, 0.6) is 0 Å². The van der Waals surface area contributed by atoms with Crippen molar-refractivity contribution in [1.82, 2.24) is 20.1 Å². The average Bonchev–Trinajstić information content (AvgIpc) is 3.50. The van der Waals surface area contributed by atoms with Crippen molar-refractivity contribution in [2.45, 2.75) is 33.7 Å². The van der Waals surface area contributed by atoms with Crippen LogP contribution >= 0.6 is 11.3 Å². The Labute approximate surface area is 193 Å². The molecule has 0 aliphatic carbocycles. The number of ether oxygens (including phenoxy) is 1. The highest BCUT2D eigenvalue weighted by Gasteiger charge is 2.22. The standard InChI is InChI=1S/C23H22N4O5S/c1-12(2)27-21-17(10-24-27)16(9-18(25-21)15-8-13(3)32-14(15)4)23(30)31-11-20(28)26-22(29)19-6-5-7-33-19/h5-10,12H,11H2,1-4H3,(H,26,28,29). The fourth-order valence-corrected chi connectivity index (χ4v) is 4.05. The minimum absolute atomic E-state index is 0.00958. The third kappa shape index (κ3) is 4.56. The van der Waals surface area contributed by atoms with E-state index in [0.29, 0.717) is 27.4 Å². The zero-order chi connectivity index (χ0) is 23.7. The van der Waals surface area contributed by atoms with Gasteiger partial charge in [-0.05, 0) is 51.3 Å². The van der Waals surface area contributed by atoms with E-state index in [-0.39, 0.29) is 11.6 Å². The van der Waals surface area contributed by atoms with Gasteiger partial charge in [0.25, 0.3) is 11.8 Å². The number of aromatic nitrogens is 3. The van der Waals surface area contributed by atoms with Crippen LogP contribution in [-0.2, 0) is 9.53 Å². The number of amides is 2. The lowest BCUT2D eigenvalue weighted by molar-refractivity contribution is -0.123. The highest BCUT2D eigenvalue weighted by Crippen LogP contribution is 2.30. The first-order valence-corrected chi connectivity index (χ1v) is 11.1. The first-order valence-electron chi connectivity index (χ1n) is 10.2. The van der Waals surface area contributed by atoms with E-state index in [1.165, 1.54) is 11.3 Å². The number of hydrogen-bond acceptors (Lipinski definition) is 8. The first-order chi connectivity index (χ1) is 15.7. The summed E-state index contributed by atoms with van der Waals surface area (Å²) in [5, 5.41) is 8.80. The number of pyridine rings is 1. The van der Waals surface area contributed by atoms with Crippen LogP contribution in [0.25, 0.3) is 22.3 Å². The SMILES string of the molecule is Cc1cc(-c2cc(C(=O)OCC(=O)NC(=O)c3cccs3)c3cnn(C(C)C)c3n2)c(C)o1. The van der Waals surface area contributed by atoms with Crippen LogP contribution in [0.2, 0.25) is 0 Å². The molecule has 4 aromatic heterocycles. The molecule has 0 radical (unpaired) electrons. The largest absolute Gasteiger partial charge is 0.466 e. The second kappa shape index (κ2) is 8.99. The molecule has 10 heteroatoms. The van der Waals surface area contributed by atoms with E-state index in [9.17, 15) is 14.4 Å². The first kappa shape index (κ1) is 22.4. The van der Waals surface area contributed by atoms with Crippen molar-refractivity contribution in [3.8, 4) is 11.3 Å². The molecule has 0 atom stereocenters. The maximum atomic E-state index is 13.0. The molecule has 33 heavy (non-hydrogen) atoms. The molecule has 0 saturated carbocycles. The number of nitrogens with one attached hydrogen (secondary N) is 1. The van der Waals surface area contributed by atoms with E-state index in [1.54, 1.807) is 34.5 Å². The van der Waals surface area contributed by atoms with Crippen LogP contribution in [0.4, 0.5) is 0 Å². The van der Waals surface area contributed by atoms with Gasteiger partial charge < -0.3 is 9.15 Å². The van der Waals surface area contributed by atoms with Gasteiger partial charge in [-0.3, -0.25) is 14.9 Å². The monoisotopic (exact) mass is 466 g/mol. The molecular formula is C23H22N4O5S. The second-order valence-corrected chi connectivity index (χ2v) is 8.68. The lowest BCUT2D eigenvalue weighted by atomic mass is 10.1. The Morgan fingerprint density at radius 3 is 2.67 bits per heavy atom. The van der Waals surface area contributed by atoms with Gasteiger partial charge in [-0.2, -0.15) is 5.10 Å². The van der Waals surface area contributed by atoms with Gasteiger partial charge in [0.2, 0.25) is 0 Å². The molecule has 0 spiro atoms. The van der Waals surface area contributed by atoms with Crippen molar-refractivity contribution in [3.05, 3.63) is 57.8 Å². The number of hydrogen-bond donors (Lipinski definition) is 1. The van der Waals surface area contributed by atoms with Gasteiger partial charge in [-0.15, -0.1) is 11.3 Å². The van der Waals surface area contributed by atoms with Crippen molar-refractivity contribution in [2.75, 3.05) is 6.61 Å². The molecule has 0 bridgehead atoms. The number of nitrogens with zero attached hydrogens (tertiary/aromatic N) is 3. The molecule has 1 N–H and O–H groups in total. The molecule has 0 aliphatic heterocycles. The second-order valence-electron chi connectivity index (χ2n) is 7.73. The van der Waals surface area contributed by atoms with Crippen LogP contribution in [0, 0.1) is 13.8 Å². The summed E-state index contributed by atoms with van der Waals surface area (Å²) in [6.07, 6.45) is 1.55. The maximum Gasteiger partial charge on any atom is 0.339 e. The molecular weight excluding hydrogens is 444 g/mol. The minimum Gasteiger partial charge on any atom is -0.466 e. The van der Waals surface area contributed by atoms with Crippen LogP contribution in [0.1, 0.15) is 51.4 Å². The molecule has 0 saturated heterocycles. The lowest BCUT2D eigenvalue weighted by Crippen LogP contribution is -2.33. The van der Waals surface area contributed by atoms with E-state index in [0.717, 1.165) is 11.3 Å². The number of carbonyl (C=O) groups is 3. The lowest BCUT2D eigenvalue weighted by Gasteiger charge is -2.10. The number of esters is 1. The van der Waals surface area contributed by atoms with Crippen LogP contribution in [-0.4, -0.2) is 39.2 Å². The Morgan fingerprint density at radius 2 is 2.03 bits per heavy atom. The molecule has 170 valence electrons. The Morgan fingerprint density at radius 1 is 1.24 bits per heavy atom. The molecule has 0 fully saturated rings. The van der Waals surface area contributed by atoms with E-state index in [4.69, 9.17) is 14.1 Å². The molecule has 4 aromatic rings. The number of carbonyl (C=O) groups excluding carboxylic acids is 3. The topological polar surface area (TPSA) is 116 Å². The van der Waals surface area contributed by atoms with E-state index >= 15 is 0 Å². The molecule has 4 rings (SSSR count). The fraction of sp³-hybridized carbons (Fsp3) is 0.261. The summed E-state index contributed by atoms with van der Waals surface area (Å²) in [6.45, 7) is 6.97. The predicted molar refractivity (Wildman–Crippen MR) is 122 cm³/mol. The number of furan rings is 1. The summed E-state index contributed by atoms with van der Waals surface area (Å²) in [4.78, 5) is 42.2. The summed E-state index contributed by atoms with van der Waals surface area (Å²) in [5.41, 5.74) is 2.02. The van der Waals surface area contributed by atoms with E-state index < -0.39 is 24.4 Å². The number of rotatable bonds is 6. The Balaban J connectivity index is 1.61. The third-order valence-corrected chi connectivity index (χ3v) is 5.79. The van der Waals surface area contributed by atoms with Crippen molar-refractivity contribution < 1.29 is 23.5 Å². The van der Waals surface area contributed by atoms with Gasteiger partial charge in [0.05, 0.1) is 27.7 Å². The number of aryl methyl sites for hydroxylation is 2. The Hall–Kier alpha value is -3.79. The molecule has 0 aliphatic rings. The summed E-state index contributed by atoms with van der Waals surface area (Å²) >= 11 is 1.21. The van der Waals surface area contributed by atoms with Gasteiger partial charge in [-0.25, -0.2) is 14.5 Å². The number of imide groups is 1. The zero-order valence-electron chi connectivity index (χ0n) is 18.5. The van der Waals surface area contributed by atoms with Crippen LogP contribution < -0.4 is 5.32 Å². The van der Waals surface area contributed by atoms with Gasteiger partial charge in [0, 0.05) is 11.6 Å². The number of fused-ring (bicyclic) bond motifs is 1. The van der Waals surface area contributed by atoms with Crippen LogP contribution in [0.3, 0.4) is 0 Å². The van der Waals surface area contributed by atoms with Crippen molar-refractivity contribution >= 4 is 40.2 Å². The average molecular weight is 467 g/mol. The van der Waals surface area contributed by atoms with Gasteiger partial charge in [0.15, 0.2) is 12.3 Å². The Kier molecular flexibility index (Phi) is 6.10. The van der Waals surface area contributed by atoms with Gasteiger partial charge in [-0.1, -0.05) is 6.07 Å². The van der Waals surface area contributed by atoms with Crippen molar-refractivity contribution in [3.63, 3.8) is 0 Å². The van der Waals surface area contributed by atoms with E-state index in [2.05, 4.69) is 10.4 Å². The summed E-state index contributed by atoms with van der Waals surface area (Å²) in [6, 6.07) is 6.76. The molecule has 0 aromatic carbocycles. The number of thiophene rings is 1. The summed E-state index contributed by atoms with van der Waals surface area (Å²) in [5.74, 6) is -0.586. The maximum absolute atomic E-state index is 13.0. The zero-order valence-corrected chi connectivity index (χ0v) is 19.4. The summed E-state index contributed by atoms with van der Waals surface area (Å²) < 4.78 is 12.6.